The molecule has 0 bridgehead atoms. The van der Waals surface area contributed by atoms with Crippen LogP contribution in [0, 0.1) is 11.3 Å². The van der Waals surface area contributed by atoms with Crippen molar-refractivity contribution >= 4 is 23.4 Å². The minimum atomic E-state index is 0.162. The third-order valence-corrected chi connectivity index (χ3v) is 4.52. The highest BCUT2D eigenvalue weighted by Gasteiger charge is 2.13. The fourth-order valence-corrected chi connectivity index (χ4v) is 2.92. The molecule has 0 amide bonds. The molecule has 0 atom stereocenters. The van der Waals surface area contributed by atoms with E-state index in [0.717, 1.165) is 9.79 Å². The standard InChI is InChI=1S/C17H16ClNS/c1-17(2,3)13-5-7-14(8-6-13)20-16-9-4-12(11-19)10-15(16)18/h4-10H,1-3H3. The number of rotatable bonds is 2. The highest BCUT2D eigenvalue weighted by molar-refractivity contribution is 7.99. The lowest BCUT2D eigenvalue weighted by Crippen LogP contribution is -2.10. The van der Waals surface area contributed by atoms with Crippen molar-refractivity contribution in [2.45, 2.75) is 36.0 Å². The normalized spacial score (nSPS) is 11.2. The fourth-order valence-electron chi connectivity index (χ4n) is 1.80. The molecule has 0 aliphatic heterocycles. The van der Waals surface area contributed by atoms with E-state index >= 15 is 0 Å². The molecule has 0 saturated carbocycles. The molecule has 2 rings (SSSR count). The maximum atomic E-state index is 8.83. The number of hydrogen-bond donors (Lipinski definition) is 0. The molecular weight excluding hydrogens is 286 g/mol. The predicted octanol–water partition coefficient (Wildman–Crippen LogP) is 5.66. The summed E-state index contributed by atoms with van der Waals surface area (Å²) >= 11 is 7.80. The summed E-state index contributed by atoms with van der Waals surface area (Å²) in [5, 5.41) is 9.45. The number of benzene rings is 2. The van der Waals surface area contributed by atoms with Crippen LogP contribution in [-0.2, 0) is 5.41 Å². The SMILES string of the molecule is CC(C)(C)c1ccc(Sc2ccc(C#N)cc2Cl)cc1. The molecule has 0 unspecified atom stereocenters. The zero-order chi connectivity index (χ0) is 14.8. The summed E-state index contributed by atoms with van der Waals surface area (Å²) in [5.74, 6) is 0. The molecule has 0 radical (unpaired) electrons. The van der Waals surface area contributed by atoms with Gasteiger partial charge in [-0.1, -0.05) is 56.3 Å². The van der Waals surface area contributed by atoms with Crippen molar-refractivity contribution in [2.24, 2.45) is 0 Å². The van der Waals surface area contributed by atoms with Crippen molar-refractivity contribution in [3.05, 3.63) is 58.6 Å². The van der Waals surface area contributed by atoms with E-state index < -0.39 is 0 Å². The lowest BCUT2D eigenvalue weighted by Gasteiger charge is -2.19. The molecule has 1 nitrogen and oxygen atoms in total. The largest absolute Gasteiger partial charge is 0.192 e. The Morgan fingerprint density at radius 1 is 1.05 bits per heavy atom. The van der Waals surface area contributed by atoms with Gasteiger partial charge >= 0.3 is 0 Å². The number of nitriles is 1. The minimum absolute atomic E-state index is 0.162. The van der Waals surface area contributed by atoms with Gasteiger partial charge in [0.25, 0.3) is 0 Å². The van der Waals surface area contributed by atoms with E-state index in [9.17, 15) is 0 Å². The van der Waals surface area contributed by atoms with E-state index in [2.05, 4.69) is 51.1 Å². The van der Waals surface area contributed by atoms with Crippen LogP contribution in [0.25, 0.3) is 0 Å². The topological polar surface area (TPSA) is 23.8 Å². The predicted molar refractivity (Wildman–Crippen MR) is 85.4 cm³/mol. The van der Waals surface area contributed by atoms with Crippen molar-refractivity contribution in [2.75, 3.05) is 0 Å². The van der Waals surface area contributed by atoms with E-state index in [1.54, 1.807) is 23.9 Å². The van der Waals surface area contributed by atoms with Crippen LogP contribution in [0.4, 0.5) is 0 Å². The van der Waals surface area contributed by atoms with Gasteiger partial charge in [-0.2, -0.15) is 5.26 Å². The Hall–Kier alpha value is -1.43. The molecule has 0 aliphatic rings. The van der Waals surface area contributed by atoms with E-state index in [-0.39, 0.29) is 5.41 Å². The zero-order valence-corrected chi connectivity index (χ0v) is 13.3. The maximum absolute atomic E-state index is 8.83. The van der Waals surface area contributed by atoms with Crippen molar-refractivity contribution in [1.82, 2.24) is 0 Å². The summed E-state index contributed by atoms with van der Waals surface area (Å²) in [4.78, 5) is 2.11. The average molecular weight is 302 g/mol. The van der Waals surface area contributed by atoms with Crippen LogP contribution in [0.1, 0.15) is 31.9 Å². The Balaban J connectivity index is 2.21. The third kappa shape index (κ3) is 3.56. The van der Waals surface area contributed by atoms with E-state index in [1.807, 2.05) is 6.07 Å². The lowest BCUT2D eigenvalue weighted by atomic mass is 9.87. The monoisotopic (exact) mass is 301 g/mol. The average Bonchev–Trinajstić information content (AvgIpc) is 2.40. The van der Waals surface area contributed by atoms with Crippen molar-refractivity contribution in [3.8, 4) is 6.07 Å². The number of hydrogen-bond acceptors (Lipinski definition) is 2. The minimum Gasteiger partial charge on any atom is -0.192 e. The van der Waals surface area contributed by atoms with Crippen LogP contribution < -0.4 is 0 Å². The van der Waals surface area contributed by atoms with Crippen LogP contribution >= 0.6 is 23.4 Å². The molecule has 0 heterocycles. The Bertz CT molecular complexity index is 648. The van der Waals surface area contributed by atoms with Crippen LogP contribution in [-0.4, -0.2) is 0 Å². The Morgan fingerprint density at radius 3 is 2.20 bits per heavy atom. The van der Waals surface area contributed by atoms with Crippen molar-refractivity contribution < 1.29 is 0 Å². The van der Waals surface area contributed by atoms with Gasteiger partial charge in [0, 0.05) is 9.79 Å². The molecule has 102 valence electrons. The summed E-state index contributed by atoms with van der Waals surface area (Å²) in [6.45, 7) is 6.60. The van der Waals surface area contributed by atoms with Crippen molar-refractivity contribution in [1.29, 1.82) is 5.26 Å². The summed E-state index contributed by atoms with van der Waals surface area (Å²) < 4.78 is 0. The second kappa shape index (κ2) is 5.91. The molecule has 0 aromatic heterocycles. The number of halogens is 1. The highest BCUT2D eigenvalue weighted by Crippen LogP contribution is 2.34. The Labute approximate surface area is 129 Å². The first-order chi connectivity index (χ1) is 9.40. The smallest absolute Gasteiger partial charge is 0.0992 e. The molecule has 20 heavy (non-hydrogen) atoms. The van der Waals surface area contributed by atoms with Gasteiger partial charge in [0.15, 0.2) is 0 Å². The summed E-state index contributed by atoms with van der Waals surface area (Å²) in [7, 11) is 0. The van der Waals surface area contributed by atoms with Gasteiger partial charge in [-0.05, 0) is 41.3 Å². The van der Waals surface area contributed by atoms with E-state index in [1.165, 1.54) is 5.56 Å². The van der Waals surface area contributed by atoms with Gasteiger partial charge in [-0.3, -0.25) is 0 Å². The Morgan fingerprint density at radius 2 is 1.70 bits per heavy atom. The van der Waals surface area contributed by atoms with E-state index in [4.69, 9.17) is 16.9 Å². The van der Waals surface area contributed by atoms with Crippen LogP contribution in [0.5, 0.6) is 0 Å². The van der Waals surface area contributed by atoms with Gasteiger partial charge in [0.1, 0.15) is 0 Å². The first-order valence-electron chi connectivity index (χ1n) is 6.38. The van der Waals surface area contributed by atoms with Gasteiger partial charge < -0.3 is 0 Å². The number of nitrogens with zero attached hydrogens (tertiary/aromatic N) is 1. The lowest BCUT2D eigenvalue weighted by molar-refractivity contribution is 0.590. The third-order valence-electron chi connectivity index (χ3n) is 3.01. The van der Waals surface area contributed by atoms with Crippen molar-refractivity contribution in [3.63, 3.8) is 0 Å². The summed E-state index contributed by atoms with van der Waals surface area (Å²) in [5.41, 5.74) is 2.06. The van der Waals surface area contributed by atoms with Gasteiger partial charge in [-0.25, -0.2) is 0 Å². The first kappa shape index (κ1) is 15.0. The molecule has 0 saturated heterocycles. The molecule has 0 spiro atoms. The second-order valence-corrected chi connectivity index (χ2v) is 7.16. The highest BCUT2D eigenvalue weighted by atomic mass is 35.5. The van der Waals surface area contributed by atoms with Gasteiger partial charge in [0.2, 0.25) is 0 Å². The molecular formula is C17H16ClNS. The Kier molecular flexibility index (Phi) is 4.42. The second-order valence-electron chi connectivity index (χ2n) is 5.63. The van der Waals surface area contributed by atoms with Crippen LogP contribution in [0.3, 0.4) is 0 Å². The molecule has 0 aliphatic carbocycles. The van der Waals surface area contributed by atoms with Gasteiger partial charge in [-0.15, -0.1) is 0 Å². The summed E-state index contributed by atoms with van der Waals surface area (Å²) in [6.07, 6.45) is 0. The first-order valence-corrected chi connectivity index (χ1v) is 7.57. The van der Waals surface area contributed by atoms with Gasteiger partial charge in [0.05, 0.1) is 16.7 Å². The van der Waals surface area contributed by atoms with Crippen LogP contribution in [0.15, 0.2) is 52.3 Å². The quantitative estimate of drug-likeness (QED) is 0.714. The maximum Gasteiger partial charge on any atom is 0.0992 e. The van der Waals surface area contributed by atoms with E-state index in [0.29, 0.717) is 10.6 Å². The molecule has 2 aromatic carbocycles. The molecule has 2 aromatic rings. The fraction of sp³-hybridized carbons (Fsp3) is 0.235. The molecule has 0 N–H and O–H groups in total. The summed E-state index contributed by atoms with van der Waals surface area (Å²) in [6, 6.07) is 16.0. The molecule has 0 fully saturated rings. The zero-order valence-electron chi connectivity index (χ0n) is 11.8. The van der Waals surface area contributed by atoms with Crippen LogP contribution in [0.2, 0.25) is 5.02 Å². The molecule has 3 heteroatoms.